The van der Waals surface area contributed by atoms with Crippen molar-refractivity contribution in [2.75, 3.05) is 19.0 Å². The van der Waals surface area contributed by atoms with Crippen LogP contribution < -0.4 is 14.8 Å². The van der Waals surface area contributed by atoms with Gasteiger partial charge in [-0.25, -0.2) is 9.37 Å². The molecule has 3 N–H and O–H groups in total. The number of aliphatic hydroxyl groups is 2. The van der Waals surface area contributed by atoms with Gasteiger partial charge in [0.05, 0.1) is 20.0 Å². The van der Waals surface area contributed by atoms with Crippen LogP contribution in [0.2, 0.25) is 0 Å². The summed E-state index contributed by atoms with van der Waals surface area (Å²) in [6.07, 6.45) is 3.12. The van der Waals surface area contributed by atoms with Gasteiger partial charge >= 0.3 is 0 Å². The molecule has 10 nitrogen and oxygen atoms in total. The minimum Gasteiger partial charge on any atom is -0.497 e. The predicted molar refractivity (Wildman–Crippen MR) is 170 cm³/mol. The summed E-state index contributed by atoms with van der Waals surface area (Å²) < 4.78 is 33.9. The Bertz CT molecular complexity index is 1820. The van der Waals surface area contributed by atoms with E-state index in [1.807, 2.05) is 84.9 Å². The molecule has 1 saturated heterocycles. The Labute approximate surface area is 265 Å². The highest BCUT2D eigenvalue weighted by Crippen LogP contribution is 2.48. The van der Waals surface area contributed by atoms with Crippen molar-refractivity contribution in [3.05, 3.63) is 108 Å². The summed E-state index contributed by atoms with van der Waals surface area (Å²) in [7, 11) is 1.61. The van der Waals surface area contributed by atoms with E-state index in [0.717, 1.165) is 16.7 Å². The van der Waals surface area contributed by atoms with Crippen molar-refractivity contribution in [2.24, 2.45) is 0 Å². The molecule has 5 aromatic rings. The number of benzene rings is 3. The zero-order valence-corrected chi connectivity index (χ0v) is 25.6. The van der Waals surface area contributed by atoms with Gasteiger partial charge in [-0.3, -0.25) is 4.57 Å². The van der Waals surface area contributed by atoms with Crippen LogP contribution in [-0.2, 0) is 10.3 Å². The van der Waals surface area contributed by atoms with Crippen molar-refractivity contribution >= 4 is 17.1 Å². The maximum Gasteiger partial charge on any atom is 0.247 e. The molecular weight excluding hydrogens is 589 g/mol. The molecule has 0 amide bonds. The van der Waals surface area contributed by atoms with Crippen molar-refractivity contribution < 1.29 is 28.8 Å². The average Bonchev–Trinajstić information content (AvgIpc) is 3.61. The number of anilines is 1. The molecule has 3 aromatic carbocycles. The van der Waals surface area contributed by atoms with Gasteiger partial charge in [0.25, 0.3) is 0 Å². The van der Waals surface area contributed by atoms with E-state index in [-0.39, 0.29) is 36.0 Å². The summed E-state index contributed by atoms with van der Waals surface area (Å²) in [4.78, 5) is 14.0. The first-order valence-electron chi connectivity index (χ1n) is 14.9. The second kappa shape index (κ2) is 12.1. The van der Waals surface area contributed by atoms with E-state index < -0.39 is 29.3 Å². The van der Waals surface area contributed by atoms with Crippen molar-refractivity contribution in [3.8, 4) is 24.0 Å². The number of hydrogen-bond acceptors (Lipinski definition) is 9. The quantitative estimate of drug-likeness (QED) is 0.146. The Morgan fingerprint density at radius 2 is 1.61 bits per heavy atom. The van der Waals surface area contributed by atoms with Crippen LogP contribution in [0.25, 0.3) is 11.2 Å². The maximum atomic E-state index is 15.6. The number of nitrogens with one attached hydrogen (secondary N) is 1. The van der Waals surface area contributed by atoms with Gasteiger partial charge in [0.2, 0.25) is 23.3 Å². The number of nitrogens with zero attached hydrogens (tertiary/aromatic N) is 4. The van der Waals surface area contributed by atoms with Crippen LogP contribution in [0, 0.1) is 12.3 Å². The van der Waals surface area contributed by atoms with Gasteiger partial charge in [-0.15, -0.1) is 6.42 Å². The van der Waals surface area contributed by atoms with E-state index in [1.54, 1.807) is 14.0 Å². The molecule has 0 aliphatic carbocycles. The second-order valence-corrected chi connectivity index (χ2v) is 10.9. The molecule has 1 aliphatic rings. The average molecular weight is 624 g/mol. The van der Waals surface area contributed by atoms with Gasteiger partial charge in [0.15, 0.2) is 23.5 Å². The van der Waals surface area contributed by atoms with Crippen molar-refractivity contribution in [2.45, 2.75) is 49.6 Å². The van der Waals surface area contributed by atoms with Crippen molar-refractivity contribution in [1.82, 2.24) is 19.5 Å². The number of terminal acetylenes is 1. The van der Waals surface area contributed by atoms with Crippen molar-refractivity contribution in [1.29, 1.82) is 0 Å². The smallest absolute Gasteiger partial charge is 0.247 e. The SMILES string of the molecule is C#C[C@]1(O)[C@H](n2cnc3c(OCC)nc(NC(c4ccccc4)(c4ccccc4)c4ccc(OC)cc4)nc32)O[C@](F)(CC)[C@H]1O. The molecule has 3 heterocycles. The number of aliphatic hydroxyl groups excluding tert-OH is 1. The van der Waals surface area contributed by atoms with Crippen LogP contribution >= 0.6 is 0 Å². The molecule has 0 bridgehead atoms. The molecule has 0 saturated carbocycles. The fourth-order valence-corrected chi connectivity index (χ4v) is 5.96. The topological polar surface area (TPSA) is 124 Å². The summed E-state index contributed by atoms with van der Waals surface area (Å²) in [5.74, 6) is 0.495. The lowest BCUT2D eigenvalue weighted by atomic mass is 9.77. The van der Waals surface area contributed by atoms with E-state index in [4.69, 9.17) is 30.6 Å². The fraction of sp³-hybridized carbons (Fsp3) is 0.286. The Kier molecular flexibility index (Phi) is 8.12. The number of hydrogen-bond donors (Lipinski definition) is 3. The molecule has 6 rings (SSSR count). The van der Waals surface area contributed by atoms with Gasteiger partial charge in [-0.2, -0.15) is 9.97 Å². The predicted octanol–water partition coefficient (Wildman–Crippen LogP) is 4.97. The van der Waals surface area contributed by atoms with E-state index in [0.29, 0.717) is 5.75 Å². The molecule has 11 heteroatoms. The molecule has 2 aromatic heterocycles. The van der Waals surface area contributed by atoms with E-state index in [9.17, 15) is 10.2 Å². The molecule has 0 unspecified atom stereocenters. The molecule has 1 aliphatic heterocycles. The van der Waals surface area contributed by atoms with E-state index in [2.05, 4.69) is 16.2 Å². The largest absolute Gasteiger partial charge is 0.497 e. The van der Waals surface area contributed by atoms with Gasteiger partial charge in [-0.05, 0) is 35.7 Å². The first kappa shape index (κ1) is 31.0. The van der Waals surface area contributed by atoms with Crippen LogP contribution in [0.1, 0.15) is 43.2 Å². The number of imidazole rings is 1. The normalized spacial score (nSPS) is 22.8. The summed E-state index contributed by atoms with van der Waals surface area (Å²) in [6.45, 7) is 3.55. The monoisotopic (exact) mass is 623 g/mol. The van der Waals surface area contributed by atoms with Gasteiger partial charge < -0.3 is 29.7 Å². The number of alkyl halides is 1. The standard InChI is InChI=1S/C35H34FN5O5/c1-5-33(43)30(42)34(36,6-2)46-31(33)41-22-37-27-28(41)38-32(39-29(27)45-7-3)40-35(23-14-10-8-11-15-23,24-16-12-9-13-17-24)25-18-20-26(44-4)21-19-25/h1,8-22,30-31,42-43H,6-7H2,2-4H3,(H,38,39,40)/t30-,31+,33+,34+/m0/s1. The molecule has 0 radical (unpaired) electrons. The molecule has 46 heavy (non-hydrogen) atoms. The third kappa shape index (κ3) is 4.91. The third-order valence-electron chi connectivity index (χ3n) is 8.38. The first-order chi connectivity index (χ1) is 22.2. The number of rotatable bonds is 10. The van der Waals surface area contributed by atoms with Crippen molar-refractivity contribution in [3.63, 3.8) is 0 Å². The lowest BCUT2D eigenvalue weighted by Crippen LogP contribution is -2.48. The Hall–Kier alpha value is -5.02. The highest BCUT2D eigenvalue weighted by atomic mass is 19.2. The van der Waals surface area contributed by atoms with Crippen LogP contribution in [-0.4, -0.2) is 61.0 Å². The van der Waals surface area contributed by atoms with Crippen LogP contribution in [0.4, 0.5) is 10.3 Å². The molecule has 236 valence electrons. The minimum absolute atomic E-state index is 0.131. The minimum atomic E-state index is -2.61. The lowest BCUT2D eigenvalue weighted by molar-refractivity contribution is -0.187. The third-order valence-corrected chi connectivity index (χ3v) is 8.38. The molecule has 4 atom stereocenters. The van der Waals surface area contributed by atoms with Crippen LogP contribution in [0.5, 0.6) is 11.6 Å². The number of fused-ring (bicyclic) bond motifs is 1. The maximum absolute atomic E-state index is 15.6. The Morgan fingerprint density at radius 3 is 2.15 bits per heavy atom. The highest BCUT2D eigenvalue weighted by molar-refractivity contribution is 5.78. The van der Waals surface area contributed by atoms with E-state index in [1.165, 1.54) is 17.8 Å². The summed E-state index contributed by atoms with van der Waals surface area (Å²) in [5, 5.41) is 25.7. The summed E-state index contributed by atoms with van der Waals surface area (Å²) in [5.41, 5.74) is -0.471. The number of ether oxygens (including phenoxy) is 3. The Balaban J connectivity index is 1.59. The van der Waals surface area contributed by atoms with Crippen LogP contribution in [0.15, 0.2) is 91.3 Å². The zero-order valence-electron chi connectivity index (χ0n) is 25.6. The number of aromatic nitrogens is 4. The second-order valence-electron chi connectivity index (χ2n) is 10.9. The van der Waals surface area contributed by atoms with Crippen LogP contribution in [0.3, 0.4) is 0 Å². The zero-order chi connectivity index (χ0) is 32.5. The molecule has 0 spiro atoms. The molecule has 1 fully saturated rings. The van der Waals surface area contributed by atoms with Gasteiger partial charge in [0, 0.05) is 6.42 Å². The Morgan fingerprint density at radius 1 is 1.00 bits per heavy atom. The van der Waals surface area contributed by atoms with Gasteiger partial charge in [-0.1, -0.05) is 85.6 Å². The first-order valence-corrected chi connectivity index (χ1v) is 14.9. The lowest BCUT2D eigenvalue weighted by Gasteiger charge is -2.37. The van der Waals surface area contributed by atoms with E-state index >= 15 is 4.39 Å². The number of methoxy groups -OCH3 is 1. The fourth-order valence-electron chi connectivity index (χ4n) is 5.96. The van der Waals surface area contributed by atoms with Gasteiger partial charge in [0.1, 0.15) is 11.3 Å². The molecular formula is C35H34FN5O5. The summed E-state index contributed by atoms with van der Waals surface area (Å²) >= 11 is 0. The highest BCUT2D eigenvalue weighted by Gasteiger charge is 2.64. The summed E-state index contributed by atoms with van der Waals surface area (Å²) in [6, 6.07) is 27.4. The number of halogens is 1.